The van der Waals surface area contributed by atoms with E-state index >= 15 is 0 Å². The van der Waals surface area contributed by atoms with Crippen molar-refractivity contribution in [1.82, 2.24) is 29.9 Å². The van der Waals surface area contributed by atoms with Gasteiger partial charge in [-0.2, -0.15) is 0 Å². The number of carbonyl (C=O) groups excluding carboxylic acids is 3. The zero-order chi connectivity index (χ0) is 42.7. The third kappa shape index (κ3) is 11.0. The number of aromatic nitrogens is 6. The van der Waals surface area contributed by atoms with E-state index in [1.54, 1.807) is 54.7 Å². The fourth-order valence-corrected chi connectivity index (χ4v) is 4.70. The number of rotatable bonds is 4. The molecule has 0 saturated carbocycles. The summed E-state index contributed by atoms with van der Waals surface area (Å²) >= 11 is 11.5. The van der Waals surface area contributed by atoms with Crippen molar-refractivity contribution in [2.45, 2.75) is 6.92 Å². The predicted molar refractivity (Wildman–Crippen MR) is 210 cm³/mol. The summed E-state index contributed by atoms with van der Waals surface area (Å²) in [7, 11) is 3.92. The van der Waals surface area contributed by atoms with Gasteiger partial charge in [0.1, 0.15) is 0 Å². The second-order valence-electron chi connectivity index (χ2n) is 11.0. The Bertz CT molecular complexity index is 2590. The molecule has 0 fully saturated rings. The van der Waals surface area contributed by atoms with Crippen LogP contribution in [0.5, 0.6) is 0 Å². The molecule has 18 heteroatoms. The molecule has 3 heterocycles. The van der Waals surface area contributed by atoms with Gasteiger partial charge in [-0.05, 0) is 79.7 Å². The minimum absolute atomic E-state index is 0.108. The van der Waals surface area contributed by atoms with E-state index in [0.29, 0.717) is 55.6 Å². The van der Waals surface area contributed by atoms with Crippen LogP contribution in [-0.4, -0.2) is 80.2 Å². The van der Waals surface area contributed by atoms with Crippen molar-refractivity contribution in [1.29, 1.82) is 0 Å². The smallest absolute Gasteiger partial charge is 0.337 e. The zero-order valence-corrected chi connectivity index (χ0v) is 31.4. The fraction of sp³-hybridized carbons (Fsp3) is 0.105. The quantitative estimate of drug-likeness (QED) is 0.0988. The first-order valence-electron chi connectivity index (χ1n) is 16.8. The maximum Gasteiger partial charge on any atom is 0.337 e. The molecule has 7 aromatic rings. The highest BCUT2D eigenvalue weighted by Gasteiger charge is 2.10. The van der Waals surface area contributed by atoms with Gasteiger partial charge in [0.15, 0.2) is 10.3 Å². The Morgan fingerprint density at radius 3 is 1.55 bits per heavy atom. The summed E-state index contributed by atoms with van der Waals surface area (Å²) < 4.78 is 28.3. The summed E-state index contributed by atoms with van der Waals surface area (Å²) in [6.07, 6.45) is 1.22. The highest BCUT2D eigenvalue weighted by molar-refractivity contribution is 6.40. The van der Waals surface area contributed by atoms with E-state index in [2.05, 4.69) is 44.1 Å². The SMILES string of the molecule is COC(=O)c1ccc(N)c(N)c1.COC(=O)c1ccc2nc(Cl)c(Cl)nc2c1.Cc1cnc2cc(C(=O)O)ccc2n1.[2H]c1nc2ccc(C(=O)OC)cc2nc1[2H]. The lowest BCUT2D eigenvalue weighted by Gasteiger charge is -2.02. The molecule has 5 N–H and O–H groups in total. The van der Waals surface area contributed by atoms with Gasteiger partial charge in [-0.1, -0.05) is 23.2 Å². The molecule has 0 amide bonds. The van der Waals surface area contributed by atoms with Crippen molar-refractivity contribution in [3.05, 3.63) is 130 Å². The normalized spacial score (nSPS) is 10.6. The summed E-state index contributed by atoms with van der Waals surface area (Å²) in [6, 6.07) is 18.7. The lowest BCUT2D eigenvalue weighted by molar-refractivity contribution is 0.0592. The van der Waals surface area contributed by atoms with Gasteiger partial charge in [0.05, 0.1) is 96.5 Å². The Labute approximate surface area is 331 Å². The van der Waals surface area contributed by atoms with Gasteiger partial charge in [0.25, 0.3) is 0 Å². The molecule has 0 aliphatic heterocycles. The highest BCUT2D eigenvalue weighted by atomic mass is 35.5. The number of carboxylic acid groups (broad SMARTS) is 1. The number of methoxy groups -OCH3 is 3. The average Bonchev–Trinajstić information content (AvgIpc) is 3.22. The number of fused-ring (bicyclic) bond motifs is 3. The molecule has 0 atom stereocenters. The van der Waals surface area contributed by atoms with Gasteiger partial charge < -0.3 is 30.8 Å². The van der Waals surface area contributed by atoms with E-state index in [1.807, 2.05) is 6.92 Å². The number of ether oxygens (including phenoxy) is 3. The molecule has 56 heavy (non-hydrogen) atoms. The summed E-state index contributed by atoms with van der Waals surface area (Å²) in [5.41, 5.74) is 17.3. The van der Waals surface area contributed by atoms with Gasteiger partial charge in [-0.25, -0.2) is 34.1 Å². The molecule has 286 valence electrons. The van der Waals surface area contributed by atoms with Crippen LogP contribution in [-0.2, 0) is 14.2 Å². The molecule has 0 aliphatic rings. The number of esters is 3. The molecule has 16 nitrogen and oxygen atoms in total. The van der Waals surface area contributed by atoms with E-state index < -0.39 is 23.9 Å². The highest BCUT2D eigenvalue weighted by Crippen LogP contribution is 2.22. The average molecular weight is 802 g/mol. The number of hydrogen-bond donors (Lipinski definition) is 3. The number of hydrogen-bond acceptors (Lipinski definition) is 15. The van der Waals surface area contributed by atoms with Crippen LogP contribution in [0.15, 0.2) is 91.3 Å². The monoisotopic (exact) mass is 800 g/mol. The maximum atomic E-state index is 11.3. The second-order valence-corrected chi connectivity index (χ2v) is 11.7. The number of nitrogens with zero attached hydrogens (tertiary/aromatic N) is 6. The summed E-state index contributed by atoms with van der Waals surface area (Å²) in [5, 5.41) is 9.00. The lowest BCUT2D eigenvalue weighted by Crippen LogP contribution is -2.03. The molecule has 0 aliphatic carbocycles. The van der Waals surface area contributed by atoms with Crippen molar-refractivity contribution in [3.63, 3.8) is 0 Å². The summed E-state index contributed by atoms with van der Waals surface area (Å²) in [4.78, 5) is 68.2. The van der Waals surface area contributed by atoms with E-state index in [0.717, 1.165) is 11.2 Å². The fourth-order valence-electron chi connectivity index (χ4n) is 4.43. The summed E-state index contributed by atoms with van der Waals surface area (Å²) in [6.45, 7) is 1.84. The van der Waals surface area contributed by atoms with Crippen LogP contribution in [0.1, 0.15) is 49.9 Å². The van der Waals surface area contributed by atoms with Crippen molar-refractivity contribution in [2.24, 2.45) is 0 Å². The van der Waals surface area contributed by atoms with Crippen molar-refractivity contribution >= 4 is 91.6 Å². The van der Waals surface area contributed by atoms with Crippen LogP contribution < -0.4 is 11.5 Å². The van der Waals surface area contributed by atoms with Crippen LogP contribution in [0, 0.1) is 6.92 Å². The molecule has 0 saturated heterocycles. The zero-order valence-electron chi connectivity index (χ0n) is 31.9. The largest absolute Gasteiger partial charge is 0.478 e. The number of halogens is 2. The molecule has 0 spiro atoms. The van der Waals surface area contributed by atoms with E-state index in [-0.39, 0.29) is 28.2 Å². The maximum absolute atomic E-state index is 11.3. The lowest BCUT2D eigenvalue weighted by atomic mass is 10.2. The second kappa shape index (κ2) is 19.3. The van der Waals surface area contributed by atoms with Crippen LogP contribution in [0.25, 0.3) is 33.1 Å². The minimum Gasteiger partial charge on any atom is -0.478 e. The Morgan fingerprint density at radius 2 is 1.00 bits per heavy atom. The molecular formula is C38H32Cl2N8O8. The molecule has 4 aromatic carbocycles. The van der Waals surface area contributed by atoms with Crippen LogP contribution in [0.4, 0.5) is 11.4 Å². The number of carboxylic acids is 1. The van der Waals surface area contributed by atoms with Crippen molar-refractivity contribution in [3.8, 4) is 0 Å². The first-order valence-corrected chi connectivity index (χ1v) is 16.5. The van der Waals surface area contributed by atoms with Crippen LogP contribution in [0.2, 0.25) is 10.3 Å². The number of benzene rings is 4. The summed E-state index contributed by atoms with van der Waals surface area (Å²) in [5.74, 6) is -2.27. The van der Waals surface area contributed by atoms with Gasteiger partial charge in [0, 0.05) is 18.5 Å². The standard InChI is InChI=1S/C10H6Cl2N2O2.2C10H8N2O2.C8H10N2O2/c1-16-10(15)5-2-3-6-7(4-5)14-9(12)8(11)13-6;1-6-5-11-9-4-7(10(13)14)2-3-8(9)12-6;1-14-10(13)7-2-3-8-9(6-7)12-5-4-11-8;1-12-8(11)5-2-3-6(9)7(10)4-5/h2-4H,1H3;2-5H,1H3,(H,13,14);2-6H,1H3;2-4H,9-10H2,1H3/i;;4D,5D;. The number of aryl methyl sites for hydroxylation is 1. The van der Waals surface area contributed by atoms with Crippen molar-refractivity contribution in [2.75, 3.05) is 32.8 Å². The molecular weight excluding hydrogens is 767 g/mol. The number of anilines is 2. The topological polar surface area (TPSA) is 246 Å². The van der Waals surface area contributed by atoms with E-state index in [9.17, 15) is 19.2 Å². The predicted octanol–water partition coefficient (Wildman–Crippen LogP) is 6.41. The molecule has 0 unspecified atom stereocenters. The molecule has 7 rings (SSSR count). The Kier molecular flexibility index (Phi) is 13.4. The third-order valence-electron chi connectivity index (χ3n) is 7.22. The molecule has 0 radical (unpaired) electrons. The van der Waals surface area contributed by atoms with E-state index in [1.165, 1.54) is 45.6 Å². The Morgan fingerprint density at radius 1 is 0.571 bits per heavy atom. The Hall–Kier alpha value is -7.04. The van der Waals surface area contributed by atoms with E-state index in [4.69, 9.17) is 42.5 Å². The van der Waals surface area contributed by atoms with Gasteiger partial charge >= 0.3 is 23.9 Å². The first-order chi connectivity index (χ1) is 27.5. The molecule has 3 aromatic heterocycles. The molecule has 0 bridgehead atoms. The number of aromatic carboxylic acids is 1. The van der Waals surface area contributed by atoms with Gasteiger partial charge in [-0.15, -0.1) is 0 Å². The number of nitrogen functional groups attached to an aromatic ring is 2. The first kappa shape index (κ1) is 38.7. The number of nitrogens with two attached hydrogens (primary N) is 2. The van der Waals surface area contributed by atoms with Gasteiger partial charge in [0.2, 0.25) is 0 Å². The third-order valence-corrected chi connectivity index (χ3v) is 7.84. The van der Waals surface area contributed by atoms with Crippen LogP contribution >= 0.6 is 23.2 Å². The van der Waals surface area contributed by atoms with Gasteiger partial charge in [-0.3, -0.25) is 15.0 Å². The van der Waals surface area contributed by atoms with Crippen molar-refractivity contribution < 1.29 is 41.2 Å². The minimum atomic E-state index is -0.950. The Balaban J connectivity index is 0.000000172. The number of carbonyl (C=O) groups is 4. The van der Waals surface area contributed by atoms with Crippen LogP contribution in [0.3, 0.4) is 0 Å².